The lowest BCUT2D eigenvalue weighted by molar-refractivity contribution is 0.0558. The van der Waals surface area contributed by atoms with Crippen LogP contribution in [0.3, 0.4) is 0 Å². The van der Waals surface area contributed by atoms with Crippen LogP contribution in [-0.2, 0) is 13.9 Å². The molecule has 0 radical (unpaired) electrons. The number of hydrogen-bond donors (Lipinski definition) is 2. The molecule has 2 N–H and O–H groups in total. The summed E-state index contributed by atoms with van der Waals surface area (Å²) < 4.78 is 3.10. The number of carbonyl (C=O) groups is 1. The fourth-order valence-electron chi connectivity index (χ4n) is 1.53. The molecule has 5 nitrogen and oxygen atoms in total. The maximum Gasteiger partial charge on any atom is 0.512 e. The van der Waals surface area contributed by atoms with Crippen LogP contribution in [0, 0.1) is 0 Å². The van der Waals surface area contributed by atoms with Gasteiger partial charge < -0.3 is 9.84 Å². The molecular weight excluding hydrogens is 281 g/mol. The first-order valence-electron chi connectivity index (χ1n) is 4.97. The van der Waals surface area contributed by atoms with Gasteiger partial charge in [-0.05, 0) is 5.56 Å². The highest BCUT2D eigenvalue weighted by molar-refractivity contribution is 6.50. The zero-order valence-electron chi connectivity index (χ0n) is 9.02. The predicted octanol–water partition coefficient (Wildman–Crippen LogP) is 2.76. The number of benzene rings is 1. The van der Waals surface area contributed by atoms with E-state index in [2.05, 4.69) is 10.2 Å². The Kier molecular flexibility index (Phi) is 3.65. The minimum Gasteiger partial charge on any atom is -0.449 e. The van der Waals surface area contributed by atoms with Gasteiger partial charge in [0.1, 0.15) is 6.61 Å². The van der Waals surface area contributed by atoms with Crippen molar-refractivity contribution in [2.45, 2.75) is 4.33 Å². The zero-order valence-corrected chi connectivity index (χ0v) is 10.5. The number of halogens is 2. The summed E-state index contributed by atoms with van der Waals surface area (Å²) >= 11 is 12.5. The molecule has 0 fully saturated rings. The number of ether oxygens (including phenoxy) is 1. The van der Waals surface area contributed by atoms with Gasteiger partial charge in [0.25, 0.3) is 0 Å². The van der Waals surface area contributed by atoms with Gasteiger partial charge in [-0.25, -0.2) is 10.3 Å². The van der Waals surface area contributed by atoms with E-state index in [-0.39, 0.29) is 12.5 Å². The van der Waals surface area contributed by atoms with Gasteiger partial charge >= 0.3 is 6.16 Å². The van der Waals surface area contributed by atoms with E-state index in [9.17, 15) is 4.79 Å². The van der Waals surface area contributed by atoms with E-state index >= 15 is 0 Å². The van der Waals surface area contributed by atoms with Gasteiger partial charge in [-0.15, -0.1) is 0 Å². The third-order valence-corrected chi connectivity index (χ3v) is 3.25. The van der Waals surface area contributed by atoms with Gasteiger partial charge in [-0.2, -0.15) is 0 Å². The molecule has 1 aromatic rings. The molecule has 0 saturated heterocycles. The van der Waals surface area contributed by atoms with Crippen LogP contribution in [0.4, 0.5) is 4.79 Å². The third kappa shape index (κ3) is 2.53. The Hall–Kier alpha value is -1.43. The van der Waals surface area contributed by atoms with Crippen LogP contribution >= 0.6 is 23.2 Å². The number of alkyl halides is 2. The molecule has 0 spiro atoms. The Morgan fingerprint density at radius 2 is 2.06 bits per heavy atom. The van der Waals surface area contributed by atoms with Crippen LogP contribution in [-0.4, -0.2) is 17.9 Å². The fraction of sp³-hybridized carbons (Fsp3) is 0.182. The molecule has 0 atom stereocenters. The average Bonchev–Trinajstić information content (AvgIpc) is 2.78. The van der Waals surface area contributed by atoms with E-state index < -0.39 is 10.5 Å². The van der Waals surface area contributed by atoms with Crippen LogP contribution in [0.2, 0.25) is 0 Å². The van der Waals surface area contributed by atoms with Crippen molar-refractivity contribution in [2.75, 3.05) is 6.61 Å². The molecule has 96 valence electrons. The highest BCUT2D eigenvalue weighted by atomic mass is 35.5. The second-order valence-electron chi connectivity index (χ2n) is 3.51. The highest BCUT2D eigenvalue weighted by Gasteiger charge is 2.38. The Balaban J connectivity index is 2.37. The monoisotopic (exact) mass is 289 g/mol. The van der Waals surface area contributed by atoms with Crippen LogP contribution in [0.15, 0.2) is 41.8 Å². The molecular formula is C11H9Cl2NO4. The number of carboxylic acid groups (broad SMARTS) is 1. The molecule has 1 aromatic carbocycles. The van der Waals surface area contributed by atoms with Gasteiger partial charge in [0, 0.05) is 0 Å². The standard InChI is InChI=1S/C11H9Cl2NO4/c12-11(13,7-4-2-1-3-5-7)8-6-17-14-9(8)18-10(15)16/h1-5,14H,6H2,(H,15,16). The summed E-state index contributed by atoms with van der Waals surface area (Å²) in [6.07, 6.45) is -1.47. The van der Waals surface area contributed by atoms with Crippen LogP contribution < -0.4 is 5.48 Å². The largest absolute Gasteiger partial charge is 0.512 e. The molecule has 0 saturated carbocycles. The van der Waals surface area contributed by atoms with Gasteiger partial charge in [-0.1, -0.05) is 53.5 Å². The van der Waals surface area contributed by atoms with E-state index in [0.29, 0.717) is 11.1 Å². The highest BCUT2D eigenvalue weighted by Crippen LogP contribution is 2.43. The fourth-order valence-corrected chi connectivity index (χ4v) is 2.06. The zero-order chi connectivity index (χ0) is 13.2. The molecule has 0 bridgehead atoms. The molecule has 0 aliphatic carbocycles. The summed E-state index contributed by atoms with van der Waals surface area (Å²) in [4.78, 5) is 15.4. The minimum atomic E-state index is -1.47. The summed E-state index contributed by atoms with van der Waals surface area (Å²) in [6, 6.07) is 8.82. The maximum atomic E-state index is 10.5. The van der Waals surface area contributed by atoms with E-state index in [1.54, 1.807) is 24.3 Å². The van der Waals surface area contributed by atoms with E-state index in [0.717, 1.165) is 0 Å². The number of rotatable bonds is 3. The molecule has 18 heavy (non-hydrogen) atoms. The Labute approximate surface area is 113 Å². The second-order valence-corrected chi connectivity index (χ2v) is 4.83. The van der Waals surface area contributed by atoms with Crippen molar-refractivity contribution in [3.05, 3.63) is 47.4 Å². The molecule has 7 heteroatoms. The summed E-state index contributed by atoms with van der Waals surface area (Å²) in [6.45, 7) is 0.0322. The van der Waals surface area contributed by atoms with Crippen LogP contribution in [0.25, 0.3) is 0 Å². The van der Waals surface area contributed by atoms with Gasteiger partial charge in [-0.3, -0.25) is 4.84 Å². The third-order valence-electron chi connectivity index (χ3n) is 2.36. The quantitative estimate of drug-likeness (QED) is 0.662. The first-order chi connectivity index (χ1) is 8.51. The SMILES string of the molecule is O=C(O)OC1=C(C(Cl)(Cl)c2ccccc2)CON1. The van der Waals surface area contributed by atoms with E-state index in [1.165, 1.54) is 0 Å². The van der Waals surface area contributed by atoms with Crippen molar-refractivity contribution >= 4 is 29.4 Å². The Bertz CT molecular complexity index is 487. The predicted molar refractivity (Wildman–Crippen MR) is 65.0 cm³/mol. The molecule has 1 aliphatic heterocycles. The first kappa shape index (κ1) is 13.0. The summed E-state index contributed by atoms with van der Waals surface area (Å²) in [7, 11) is 0. The van der Waals surface area contributed by atoms with Crippen molar-refractivity contribution in [1.82, 2.24) is 5.48 Å². The maximum absolute atomic E-state index is 10.5. The van der Waals surface area contributed by atoms with Crippen molar-refractivity contribution < 1.29 is 19.5 Å². The lowest BCUT2D eigenvalue weighted by Gasteiger charge is -2.20. The van der Waals surface area contributed by atoms with Crippen LogP contribution in [0.1, 0.15) is 5.56 Å². The smallest absolute Gasteiger partial charge is 0.449 e. The average molecular weight is 290 g/mol. The normalized spacial score (nSPS) is 15.4. The van der Waals surface area contributed by atoms with E-state index in [1.807, 2.05) is 6.07 Å². The summed E-state index contributed by atoms with van der Waals surface area (Å²) in [5, 5.41) is 8.59. The molecule has 2 rings (SSSR count). The topological polar surface area (TPSA) is 67.8 Å². The van der Waals surface area contributed by atoms with Gasteiger partial charge in [0.15, 0.2) is 4.33 Å². The van der Waals surface area contributed by atoms with Crippen molar-refractivity contribution in [2.24, 2.45) is 0 Å². The second kappa shape index (κ2) is 5.06. The Morgan fingerprint density at radius 3 is 2.67 bits per heavy atom. The van der Waals surface area contributed by atoms with Crippen molar-refractivity contribution in [3.63, 3.8) is 0 Å². The summed E-state index contributed by atoms with van der Waals surface area (Å²) in [5.41, 5.74) is 3.23. The van der Waals surface area contributed by atoms with Gasteiger partial charge in [0.2, 0.25) is 5.88 Å². The lowest BCUT2D eigenvalue weighted by Crippen LogP contribution is -2.19. The van der Waals surface area contributed by atoms with E-state index in [4.69, 9.17) is 33.1 Å². The first-order valence-corrected chi connectivity index (χ1v) is 5.73. The molecule has 1 heterocycles. The molecule has 0 aromatic heterocycles. The Morgan fingerprint density at radius 1 is 1.39 bits per heavy atom. The van der Waals surface area contributed by atoms with Crippen LogP contribution in [0.5, 0.6) is 0 Å². The number of hydrogen-bond acceptors (Lipinski definition) is 4. The number of nitrogens with one attached hydrogen (secondary N) is 1. The van der Waals surface area contributed by atoms with Crippen molar-refractivity contribution in [1.29, 1.82) is 0 Å². The van der Waals surface area contributed by atoms with Gasteiger partial charge in [0.05, 0.1) is 5.57 Å². The minimum absolute atomic E-state index is 0.0322. The van der Waals surface area contributed by atoms with Crippen molar-refractivity contribution in [3.8, 4) is 0 Å². The molecule has 0 amide bonds. The lowest BCUT2D eigenvalue weighted by atomic mass is 10.1. The summed E-state index contributed by atoms with van der Waals surface area (Å²) in [5.74, 6) is -0.101. The molecule has 0 unspecified atom stereocenters. The molecule has 1 aliphatic rings. The number of hydroxylamine groups is 1.